The van der Waals surface area contributed by atoms with E-state index in [1.807, 2.05) is 20.8 Å². The van der Waals surface area contributed by atoms with E-state index in [-0.39, 0.29) is 11.9 Å². The van der Waals surface area contributed by atoms with Crippen molar-refractivity contribution in [1.82, 2.24) is 9.97 Å². The molecular weight excluding hydrogens is 311 g/mol. The van der Waals surface area contributed by atoms with E-state index in [4.69, 9.17) is 4.74 Å². The Balaban J connectivity index is 1.80. The Bertz CT molecular complexity index is 749. The van der Waals surface area contributed by atoms with Crippen LogP contribution in [0.15, 0.2) is 36.5 Å². The zero-order valence-corrected chi connectivity index (χ0v) is 13.8. The third kappa shape index (κ3) is 3.15. The lowest BCUT2D eigenvalue weighted by Crippen LogP contribution is -2.42. The minimum Gasteiger partial charge on any atom is -0.447 e. The highest BCUT2D eigenvalue weighted by Gasteiger charge is 2.41. The van der Waals surface area contributed by atoms with Crippen molar-refractivity contribution in [3.05, 3.63) is 47.9 Å². The van der Waals surface area contributed by atoms with E-state index < -0.39 is 11.6 Å². The lowest BCUT2D eigenvalue weighted by molar-refractivity contribution is 0.175. The Hall–Kier alpha value is -2.70. The molecule has 1 N–H and O–H groups in total. The molecule has 2 aromatic rings. The maximum Gasteiger partial charge on any atom is 0.416 e. The standard InChI is InChI=1S/C17H19FN4O2/c1-11(12-4-6-13(18)7-5-12)20-15-19-9-8-14(21-15)22-16(23)24-10-17(22,2)3/h4-9,11H,10H2,1-3H3,(H,19,20,21). The van der Waals surface area contributed by atoms with Gasteiger partial charge >= 0.3 is 6.09 Å². The van der Waals surface area contributed by atoms with Crippen molar-refractivity contribution in [1.29, 1.82) is 0 Å². The van der Waals surface area contributed by atoms with E-state index in [1.54, 1.807) is 24.4 Å². The Labute approximate surface area is 139 Å². The number of cyclic esters (lactones) is 1. The van der Waals surface area contributed by atoms with Gasteiger partial charge in [-0.1, -0.05) is 12.1 Å². The third-order valence-electron chi connectivity index (χ3n) is 3.92. The number of amides is 1. The van der Waals surface area contributed by atoms with E-state index in [0.717, 1.165) is 5.56 Å². The van der Waals surface area contributed by atoms with Crippen LogP contribution in [0.4, 0.5) is 21.0 Å². The molecular formula is C17H19FN4O2. The number of benzene rings is 1. The van der Waals surface area contributed by atoms with Gasteiger partial charge in [-0.15, -0.1) is 0 Å². The highest BCUT2D eigenvalue weighted by Crippen LogP contribution is 2.29. The first-order chi connectivity index (χ1) is 11.4. The van der Waals surface area contributed by atoms with Crippen LogP contribution in [0.1, 0.15) is 32.4 Å². The largest absolute Gasteiger partial charge is 0.447 e. The number of aromatic nitrogens is 2. The summed E-state index contributed by atoms with van der Waals surface area (Å²) in [6.07, 6.45) is 1.17. The molecule has 1 aliphatic rings. The topological polar surface area (TPSA) is 67.4 Å². The van der Waals surface area contributed by atoms with Crippen LogP contribution in [0, 0.1) is 5.82 Å². The first-order valence-electron chi connectivity index (χ1n) is 7.69. The van der Waals surface area contributed by atoms with Crippen molar-refractivity contribution < 1.29 is 13.9 Å². The summed E-state index contributed by atoms with van der Waals surface area (Å²) < 4.78 is 18.1. The van der Waals surface area contributed by atoms with Gasteiger partial charge in [-0.25, -0.2) is 14.2 Å². The number of rotatable bonds is 4. The zero-order chi connectivity index (χ0) is 17.3. The smallest absolute Gasteiger partial charge is 0.416 e. The summed E-state index contributed by atoms with van der Waals surface area (Å²) in [6, 6.07) is 7.79. The normalized spacial score (nSPS) is 17.5. The summed E-state index contributed by atoms with van der Waals surface area (Å²) >= 11 is 0. The summed E-state index contributed by atoms with van der Waals surface area (Å²) in [5.74, 6) is 0.588. The SMILES string of the molecule is CC(Nc1nccc(N2C(=O)OCC2(C)C)n1)c1ccc(F)cc1. The fourth-order valence-corrected chi connectivity index (χ4v) is 2.59. The molecule has 0 bridgehead atoms. The molecule has 1 fully saturated rings. The quantitative estimate of drug-likeness (QED) is 0.929. The van der Waals surface area contributed by atoms with Crippen LogP contribution >= 0.6 is 0 Å². The maximum atomic E-state index is 13.0. The molecule has 7 heteroatoms. The Morgan fingerprint density at radius 3 is 2.62 bits per heavy atom. The predicted octanol–water partition coefficient (Wildman–Crippen LogP) is 3.52. The van der Waals surface area contributed by atoms with Gasteiger partial charge in [0.05, 0.1) is 11.6 Å². The maximum absolute atomic E-state index is 13.0. The summed E-state index contributed by atoms with van der Waals surface area (Å²) in [5, 5.41) is 3.16. The van der Waals surface area contributed by atoms with Gasteiger partial charge in [0.1, 0.15) is 18.2 Å². The Morgan fingerprint density at radius 1 is 1.29 bits per heavy atom. The van der Waals surface area contributed by atoms with Crippen molar-refractivity contribution in [2.45, 2.75) is 32.4 Å². The van der Waals surface area contributed by atoms with E-state index in [2.05, 4.69) is 15.3 Å². The molecule has 126 valence electrons. The van der Waals surface area contributed by atoms with Crippen molar-refractivity contribution in [2.75, 3.05) is 16.8 Å². The summed E-state index contributed by atoms with van der Waals surface area (Å²) in [5.41, 5.74) is 0.442. The monoisotopic (exact) mass is 330 g/mol. The molecule has 1 unspecified atom stereocenters. The molecule has 2 heterocycles. The van der Waals surface area contributed by atoms with Crippen LogP contribution in [0.25, 0.3) is 0 Å². The zero-order valence-electron chi connectivity index (χ0n) is 13.8. The summed E-state index contributed by atoms with van der Waals surface area (Å²) in [4.78, 5) is 22.1. The molecule has 1 aliphatic heterocycles. The van der Waals surface area contributed by atoms with Gasteiger partial charge < -0.3 is 10.1 Å². The summed E-state index contributed by atoms with van der Waals surface area (Å²) in [6.45, 7) is 6.06. The molecule has 1 aromatic heterocycles. The highest BCUT2D eigenvalue weighted by atomic mass is 19.1. The predicted molar refractivity (Wildman–Crippen MR) is 88.4 cm³/mol. The number of anilines is 2. The second kappa shape index (κ2) is 6.07. The average Bonchev–Trinajstić information content (AvgIpc) is 2.81. The molecule has 24 heavy (non-hydrogen) atoms. The van der Waals surface area contributed by atoms with Crippen LogP contribution < -0.4 is 10.2 Å². The van der Waals surface area contributed by atoms with E-state index >= 15 is 0 Å². The number of hydrogen-bond donors (Lipinski definition) is 1. The first-order valence-corrected chi connectivity index (χ1v) is 7.69. The van der Waals surface area contributed by atoms with Gasteiger partial charge in [-0.2, -0.15) is 4.98 Å². The van der Waals surface area contributed by atoms with Gasteiger partial charge in [0.25, 0.3) is 0 Å². The van der Waals surface area contributed by atoms with Crippen LogP contribution in [-0.2, 0) is 4.74 Å². The van der Waals surface area contributed by atoms with Gasteiger partial charge in [0.2, 0.25) is 5.95 Å². The van der Waals surface area contributed by atoms with Crippen molar-refractivity contribution in [3.63, 3.8) is 0 Å². The second-order valence-electron chi connectivity index (χ2n) is 6.36. The third-order valence-corrected chi connectivity index (χ3v) is 3.92. The minimum atomic E-state index is -0.467. The number of ether oxygens (including phenoxy) is 1. The Kier molecular flexibility index (Phi) is 4.09. The lowest BCUT2D eigenvalue weighted by atomic mass is 10.1. The molecule has 6 nitrogen and oxygen atoms in total. The first kappa shape index (κ1) is 16.2. The molecule has 1 atom stereocenters. The van der Waals surface area contributed by atoms with Gasteiger partial charge in [0.15, 0.2) is 0 Å². The Morgan fingerprint density at radius 2 is 2.00 bits per heavy atom. The number of halogens is 1. The van der Waals surface area contributed by atoms with E-state index in [9.17, 15) is 9.18 Å². The van der Waals surface area contributed by atoms with E-state index in [0.29, 0.717) is 18.4 Å². The van der Waals surface area contributed by atoms with Crippen molar-refractivity contribution >= 4 is 17.9 Å². The van der Waals surface area contributed by atoms with E-state index in [1.165, 1.54) is 17.0 Å². The van der Waals surface area contributed by atoms with Crippen LogP contribution in [0.3, 0.4) is 0 Å². The molecule has 0 aliphatic carbocycles. The number of nitrogens with zero attached hydrogens (tertiary/aromatic N) is 3. The highest BCUT2D eigenvalue weighted by molar-refractivity contribution is 5.90. The van der Waals surface area contributed by atoms with Gasteiger partial charge in [0, 0.05) is 6.20 Å². The van der Waals surface area contributed by atoms with Crippen molar-refractivity contribution in [2.24, 2.45) is 0 Å². The van der Waals surface area contributed by atoms with Gasteiger partial charge in [-0.3, -0.25) is 4.90 Å². The van der Waals surface area contributed by atoms with Crippen LogP contribution in [0.5, 0.6) is 0 Å². The molecule has 0 spiro atoms. The average molecular weight is 330 g/mol. The fourth-order valence-electron chi connectivity index (χ4n) is 2.59. The van der Waals surface area contributed by atoms with Crippen LogP contribution in [0.2, 0.25) is 0 Å². The van der Waals surface area contributed by atoms with Crippen molar-refractivity contribution in [3.8, 4) is 0 Å². The number of carbonyl (C=O) groups is 1. The fraction of sp³-hybridized carbons (Fsp3) is 0.353. The minimum absolute atomic E-state index is 0.112. The van der Waals surface area contributed by atoms with Crippen LogP contribution in [-0.4, -0.2) is 28.2 Å². The number of hydrogen-bond acceptors (Lipinski definition) is 5. The molecule has 1 saturated heterocycles. The van der Waals surface area contributed by atoms with Gasteiger partial charge in [-0.05, 0) is 44.5 Å². The molecule has 0 radical (unpaired) electrons. The molecule has 0 saturated carbocycles. The number of nitrogens with one attached hydrogen (secondary N) is 1. The number of carbonyl (C=O) groups excluding carboxylic acids is 1. The summed E-state index contributed by atoms with van der Waals surface area (Å²) in [7, 11) is 0. The molecule has 1 aromatic carbocycles. The lowest BCUT2D eigenvalue weighted by Gasteiger charge is -2.27. The molecule has 3 rings (SSSR count). The molecule has 1 amide bonds. The second-order valence-corrected chi connectivity index (χ2v) is 6.36.